The zero-order valence-corrected chi connectivity index (χ0v) is 15.9. The molecule has 1 aliphatic rings. The lowest BCUT2D eigenvalue weighted by molar-refractivity contribution is -0.139. The topological polar surface area (TPSA) is 88.1 Å². The largest absolute Gasteiger partial charge is 0.496 e. The van der Waals surface area contributed by atoms with Crippen molar-refractivity contribution in [3.63, 3.8) is 0 Å². The van der Waals surface area contributed by atoms with E-state index in [1.807, 2.05) is 18.2 Å². The van der Waals surface area contributed by atoms with E-state index in [0.717, 1.165) is 24.3 Å². The summed E-state index contributed by atoms with van der Waals surface area (Å²) in [7, 11) is 1.56. The summed E-state index contributed by atoms with van der Waals surface area (Å²) in [6.45, 7) is 7.20. The first kappa shape index (κ1) is 19.9. The van der Waals surface area contributed by atoms with E-state index in [4.69, 9.17) is 9.47 Å². The van der Waals surface area contributed by atoms with Crippen molar-refractivity contribution in [2.45, 2.75) is 51.7 Å². The maximum atomic E-state index is 11.9. The van der Waals surface area contributed by atoms with E-state index in [-0.39, 0.29) is 6.42 Å². The van der Waals surface area contributed by atoms with Crippen molar-refractivity contribution in [1.29, 1.82) is 0 Å². The smallest absolute Gasteiger partial charge is 0.408 e. The molecule has 0 aliphatic carbocycles. The van der Waals surface area contributed by atoms with Crippen LogP contribution in [0, 0.1) is 0 Å². The standard InChI is InChI=1S/C19H28N2O5/c1-19(2,3)26-18(24)20-15(17(22)23)11-13-7-8-14(12-16(13)25-4)21-9-5-6-10-21/h7-8,12,15H,5-6,9-11H2,1-4H3,(H,20,24)(H,22,23). The predicted octanol–water partition coefficient (Wildman–Crippen LogP) is 2.82. The lowest BCUT2D eigenvalue weighted by Gasteiger charge is -2.23. The zero-order chi connectivity index (χ0) is 19.3. The first-order valence-corrected chi connectivity index (χ1v) is 8.84. The van der Waals surface area contributed by atoms with Crippen LogP contribution in [0.15, 0.2) is 18.2 Å². The molecular formula is C19H28N2O5. The number of anilines is 1. The number of carbonyl (C=O) groups excluding carboxylic acids is 1. The third kappa shape index (κ3) is 5.54. The van der Waals surface area contributed by atoms with Gasteiger partial charge in [-0.05, 0) is 45.2 Å². The summed E-state index contributed by atoms with van der Waals surface area (Å²) in [5.74, 6) is -0.506. The van der Waals surface area contributed by atoms with Crippen LogP contribution in [0.1, 0.15) is 39.2 Å². The lowest BCUT2D eigenvalue weighted by Crippen LogP contribution is -2.44. The number of alkyl carbamates (subject to hydrolysis) is 1. The van der Waals surface area contributed by atoms with Gasteiger partial charge in [-0.2, -0.15) is 0 Å². The molecule has 26 heavy (non-hydrogen) atoms. The van der Waals surface area contributed by atoms with Gasteiger partial charge in [-0.3, -0.25) is 0 Å². The number of benzene rings is 1. The van der Waals surface area contributed by atoms with Gasteiger partial charge in [0.05, 0.1) is 7.11 Å². The number of rotatable bonds is 6. The molecule has 1 unspecified atom stereocenters. The van der Waals surface area contributed by atoms with Gasteiger partial charge in [-0.25, -0.2) is 9.59 Å². The first-order valence-electron chi connectivity index (χ1n) is 8.84. The third-order valence-electron chi connectivity index (χ3n) is 4.15. The summed E-state index contributed by atoms with van der Waals surface area (Å²) in [6.07, 6.45) is 1.70. The van der Waals surface area contributed by atoms with Crippen molar-refractivity contribution >= 4 is 17.7 Å². The SMILES string of the molecule is COc1cc(N2CCCC2)ccc1CC(NC(=O)OC(C)(C)C)C(=O)O. The van der Waals surface area contributed by atoms with Gasteiger partial charge in [0.1, 0.15) is 17.4 Å². The molecule has 7 nitrogen and oxygen atoms in total. The molecule has 1 saturated heterocycles. The van der Waals surface area contributed by atoms with Crippen LogP contribution in [-0.2, 0) is 16.0 Å². The van der Waals surface area contributed by atoms with E-state index >= 15 is 0 Å². The summed E-state index contributed by atoms with van der Waals surface area (Å²) in [6, 6.07) is 4.65. The van der Waals surface area contributed by atoms with Crippen molar-refractivity contribution < 1.29 is 24.2 Å². The van der Waals surface area contributed by atoms with Crippen LogP contribution in [0.3, 0.4) is 0 Å². The van der Waals surface area contributed by atoms with Gasteiger partial charge >= 0.3 is 12.1 Å². The molecule has 0 radical (unpaired) electrons. The van der Waals surface area contributed by atoms with Crippen LogP contribution in [0.2, 0.25) is 0 Å². The third-order valence-corrected chi connectivity index (χ3v) is 4.15. The molecule has 1 atom stereocenters. The molecule has 1 aromatic rings. The zero-order valence-electron chi connectivity index (χ0n) is 15.9. The monoisotopic (exact) mass is 364 g/mol. The highest BCUT2D eigenvalue weighted by Gasteiger charge is 2.25. The predicted molar refractivity (Wildman–Crippen MR) is 98.9 cm³/mol. The van der Waals surface area contributed by atoms with Gasteiger partial charge in [-0.1, -0.05) is 6.07 Å². The Kier molecular flexibility index (Phi) is 6.34. The molecule has 1 fully saturated rings. The molecule has 0 aromatic heterocycles. The molecule has 1 aromatic carbocycles. The van der Waals surface area contributed by atoms with Crippen molar-refractivity contribution in [2.24, 2.45) is 0 Å². The number of nitrogens with zero attached hydrogens (tertiary/aromatic N) is 1. The van der Waals surface area contributed by atoms with Crippen molar-refractivity contribution in [3.05, 3.63) is 23.8 Å². The highest BCUT2D eigenvalue weighted by Crippen LogP contribution is 2.28. The number of nitrogens with one attached hydrogen (secondary N) is 1. The van der Waals surface area contributed by atoms with E-state index in [9.17, 15) is 14.7 Å². The Labute approximate surface area is 154 Å². The van der Waals surface area contributed by atoms with Crippen LogP contribution in [-0.4, -0.2) is 49.0 Å². The summed E-state index contributed by atoms with van der Waals surface area (Å²) in [5.41, 5.74) is 1.09. The van der Waals surface area contributed by atoms with Crippen molar-refractivity contribution in [2.75, 3.05) is 25.1 Å². The number of hydrogen-bond donors (Lipinski definition) is 2. The molecule has 1 heterocycles. The summed E-state index contributed by atoms with van der Waals surface area (Å²) >= 11 is 0. The maximum Gasteiger partial charge on any atom is 0.408 e. The number of hydrogen-bond acceptors (Lipinski definition) is 5. The number of amides is 1. The Hall–Kier alpha value is -2.44. The minimum absolute atomic E-state index is 0.109. The summed E-state index contributed by atoms with van der Waals surface area (Å²) in [4.78, 5) is 25.8. The maximum absolute atomic E-state index is 11.9. The molecular weight excluding hydrogens is 336 g/mol. The molecule has 7 heteroatoms. The minimum Gasteiger partial charge on any atom is -0.496 e. The summed E-state index contributed by atoms with van der Waals surface area (Å²) in [5, 5.41) is 11.9. The van der Waals surface area contributed by atoms with Crippen molar-refractivity contribution in [3.8, 4) is 5.75 Å². The molecule has 2 N–H and O–H groups in total. The Morgan fingerprint density at radius 3 is 2.46 bits per heavy atom. The number of aliphatic carboxylic acids is 1. The van der Waals surface area contributed by atoms with Crippen molar-refractivity contribution in [1.82, 2.24) is 5.32 Å². The average molecular weight is 364 g/mol. The number of carboxylic acids is 1. The molecule has 1 aliphatic heterocycles. The number of ether oxygens (including phenoxy) is 2. The van der Waals surface area contributed by atoms with E-state index < -0.39 is 23.7 Å². The minimum atomic E-state index is -1.12. The highest BCUT2D eigenvalue weighted by atomic mass is 16.6. The fourth-order valence-electron chi connectivity index (χ4n) is 2.94. The molecule has 144 valence electrons. The Bertz CT molecular complexity index is 648. The molecule has 1 amide bonds. The summed E-state index contributed by atoms with van der Waals surface area (Å²) < 4.78 is 10.6. The fourth-order valence-corrected chi connectivity index (χ4v) is 2.94. The Morgan fingerprint density at radius 2 is 1.92 bits per heavy atom. The van der Waals surface area contributed by atoms with E-state index in [2.05, 4.69) is 10.2 Å². The van der Waals surface area contributed by atoms with Gasteiger partial charge in [0.2, 0.25) is 0 Å². The van der Waals surface area contributed by atoms with Gasteiger partial charge < -0.3 is 24.8 Å². The second-order valence-corrected chi connectivity index (χ2v) is 7.43. The number of methoxy groups -OCH3 is 1. The quantitative estimate of drug-likeness (QED) is 0.807. The molecule has 0 saturated carbocycles. The first-order chi connectivity index (χ1) is 12.2. The molecule has 0 spiro atoms. The van der Waals surface area contributed by atoms with Crippen LogP contribution >= 0.6 is 0 Å². The van der Waals surface area contributed by atoms with E-state index in [0.29, 0.717) is 5.75 Å². The van der Waals surface area contributed by atoms with Crippen LogP contribution < -0.4 is 15.0 Å². The number of carboxylic acid groups (broad SMARTS) is 1. The van der Waals surface area contributed by atoms with E-state index in [1.165, 1.54) is 12.8 Å². The van der Waals surface area contributed by atoms with Gasteiger partial charge in [0, 0.05) is 31.3 Å². The fraction of sp³-hybridized carbons (Fsp3) is 0.579. The average Bonchev–Trinajstić information content (AvgIpc) is 3.07. The molecule has 0 bridgehead atoms. The lowest BCUT2D eigenvalue weighted by atomic mass is 10.0. The van der Waals surface area contributed by atoms with Gasteiger partial charge in [-0.15, -0.1) is 0 Å². The normalized spacial score (nSPS) is 15.5. The highest BCUT2D eigenvalue weighted by molar-refractivity contribution is 5.80. The van der Waals surface area contributed by atoms with E-state index in [1.54, 1.807) is 27.9 Å². The number of carbonyl (C=O) groups is 2. The Morgan fingerprint density at radius 1 is 1.27 bits per heavy atom. The van der Waals surface area contributed by atoms with Crippen LogP contribution in [0.25, 0.3) is 0 Å². The Balaban J connectivity index is 2.12. The molecule has 2 rings (SSSR count). The van der Waals surface area contributed by atoms with Gasteiger partial charge in [0.25, 0.3) is 0 Å². The van der Waals surface area contributed by atoms with Gasteiger partial charge in [0.15, 0.2) is 0 Å². The van der Waals surface area contributed by atoms with Crippen LogP contribution in [0.4, 0.5) is 10.5 Å². The second-order valence-electron chi connectivity index (χ2n) is 7.43. The second kappa shape index (κ2) is 8.29. The van der Waals surface area contributed by atoms with Crippen LogP contribution in [0.5, 0.6) is 5.75 Å².